The summed E-state index contributed by atoms with van der Waals surface area (Å²) in [6.07, 6.45) is 1.87. The number of benzene rings is 5. The normalized spacial score (nSPS) is 12.0. The molecule has 0 atom stereocenters. The van der Waals surface area contributed by atoms with Crippen LogP contribution in [-0.2, 0) is 4.74 Å². The van der Waals surface area contributed by atoms with Crippen molar-refractivity contribution < 1.29 is 14.9 Å². The molecule has 61 heavy (non-hydrogen) atoms. The van der Waals surface area contributed by atoms with Gasteiger partial charge in [0.1, 0.15) is 11.5 Å². The number of aromatic hydroxyl groups is 2. The summed E-state index contributed by atoms with van der Waals surface area (Å²) < 4.78 is 5.46. The molecule has 0 amide bonds. The predicted octanol–water partition coefficient (Wildman–Crippen LogP) is 16.3. The SMILES string of the molecule is COCCCCN(C)c1c(-c2cc(C)cc(-c3c(C(C)C)cc(C(C)C)cc3C(C)C)c2O)cc(C)cc1-c1cc(C)cc(-c2c(C(C)C)cc(C(C)C)cc2C(C)C)c1O. The summed E-state index contributed by atoms with van der Waals surface area (Å²) in [5.74, 6) is 2.43. The first-order chi connectivity index (χ1) is 28.7. The quantitative estimate of drug-likeness (QED) is 0.0974. The molecule has 0 aromatic heterocycles. The molecule has 2 N–H and O–H groups in total. The van der Waals surface area contributed by atoms with E-state index in [-0.39, 0.29) is 23.7 Å². The fraction of sp³-hybridized carbons (Fsp3) is 0.474. The zero-order chi connectivity index (χ0) is 45.2. The summed E-state index contributed by atoms with van der Waals surface area (Å²) in [6.45, 7) is 35.1. The van der Waals surface area contributed by atoms with Gasteiger partial charge in [-0.1, -0.05) is 107 Å². The van der Waals surface area contributed by atoms with Crippen LogP contribution in [0.3, 0.4) is 0 Å². The van der Waals surface area contributed by atoms with Crippen molar-refractivity contribution in [3.8, 4) is 56.0 Å². The molecule has 0 fully saturated rings. The maximum Gasteiger partial charge on any atom is 0.131 e. The van der Waals surface area contributed by atoms with Crippen molar-refractivity contribution >= 4 is 5.69 Å². The minimum absolute atomic E-state index is 0.265. The van der Waals surface area contributed by atoms with Crippen molar-refractivity contribution in [2.24, 2.45) is 0 Å². The number of rotatable bonds is 16. The van der Waals surface area contributed by atoms with Crippen LogP contribution in [0.1, 0.15) is 182 Å². The first-order valence-corrected chi connectivity index (χ1v) is 23.1. The van der Waals surface area contributed by atoms with Crippen LogP contribution in [0.15, 0.2) is 60.7 Å². The molecule has 0 heterocycles. The third kappa shape index (κ3) is 10.1. The van der Waals surface area contributed by atoms with E-state index < -0.39 is 0 Å². The van der Waals surface area contributed by atoms with Gasteiger partial charge in [-0.15, -0.1) is 0 Å². The van der Waals surface area contributed by atoms with Crippen molar-refractivity contribution in [3.63, 3.8) is 0 Å². The van der Waals surface area contributed by atoms with E-state index in [2.05, 4.69) is 176 Å². The van der Waals surface area contributed by atoms with Gasteiger partial charge in [0, 0.05) is 60.7 Å². The Kier molecular flexibility index (Phi) is 15.3. The Bertz CT molecular complexity index is 2130. The van der Waals surface area contributed by atoms with E-state index in [1.54, 1.807) is 7.11 Å². The van der Waals surface area contributed by atoms with Gasteiger partial charge in [0.25, 0.3) is 0 Å². The molecular formula is C57H77NO3. The fourth-order valence-electron chi connectivity index (χ4n) is 9.19. The molecule has 5 aromatic rings. The molecule has 4 heteroatoms. The molecule has 0 unspecified atom stereocenters. The van der Waals surface area contributed by atoms with Crippen LogP contribution >= 0.6 is 0 Å². The average molecular weight is 824 g/mol. The lowest BCUT2D eigenvalue weighted by molar-refractivity contribution is 0.193. The molecule has 0 radical (unpaired) electrons. The number of phenols is 2. The van der Waals surface area contributed by atoms with Gasteiger partial charge >= 0.3 is 0 Å². The van der Waals surface area contributed by atoms with Crippen LogP contribution in [0.25, 0.3) is 44.5 Å². The monoisotopic (exact) mass is 824 g/mol. The number of phenolic OH excluding ortho intramolecular Hbond substituents is 2. The third-order valence-corrected chi connectivity index (χ3v) is 12.6. The molecule has 0 aliphatic heterocycles. The second-order valence-corrected chi connectivity index (χ2v) is 19.8. The number of nitrogens with zero attached hydrogens (tertiary/aromatic N) is 1. The second-order valence-electron chi connectivity index (χ2n) is 19.8. The molecular weight excluding hydrogens is 747 g/mol. The number of anilines is 1. The Hall–Kier alpha value is -4.54. The van der Waals surface area contributed by atoms with E-state index in [0.717, 1.165) is 86.3 Å². The molecule has 0 aliphatic rings. The molecule has 4 nitrogen and oxygen atoms in total. The highest BCUT2D eigenvalue weighted by Gasteiger charge is 2.28. The van der Waals surface area contributed by atoms with Crippen LogP contribution in [0.4, 0.5) is 5.69 Å². The summed E-state index contributed by atoms with van der Waals surface area (Å²) in [6, 6.07) is 22.6. The highest BCUT2D eigenvalue weighted by Crippen LogP contribution is 2.52. The van der Waals surface area contributed by atoms with E-state index >= 15 is 0 Å². The van der Waals surface area contributed by atoms with Gasteiger partial charge in [-0.25, -0.2) is 0 Å². The van der Waals surface area contributed by atoms with Gasteiger partial charge in [-0.2, -0.15) is 0 Å². The summed E-state index contributed by atoms with van der Waals surface area (Å²) in [4.78, 5) is 2.33. The Morgan fingerprint density at radius 1 is 0.443 bits per heavy atom. The van der Waals surface area contributed by atoms with Crippen LogP contribution in [0.2, 0.25) is 0 Å². The van der Waals surface area contributed by atoms with Crippen LogP contribution in [-0.4, -0.2) is 37.5 Å². The summed E-state index contributed by atoms with van der Waals surface area (Å²) in [5, 5.41) is 25.7. The second kappa shape index (κ2) is 19.7. The molecule has 0 bridgehead atoms. The Balaban J connectivity index is 1.90. The topological polar surface area (TPSA) is 52.9 Å². The largest absolute Gasteiger partial charge is 0.507 e. The van der Waals surface area contributed by atoms with Crippen molar-refractivity contribution in [1.29, 1.82) is 0 Å². The molecule has 5 rings (SSSR count). The van der Waals surface area contributed by atoms with Gasteiger partial charge in [0.15, 0.2) is 0 Å². The number of unbranched alkanes of at least 4 members (excludes halogenated alkanes) is 1. The van der Waals surface area contributed by atoms with Gasteiger partial charge < -0.3 is 19.8 Å². The van der Waals surface area contributed by atoms with Gasteiger partial charge in [-0.3, -0.25) is 0 Å². The number of ether oxygens (including phenoxy) is 1. The molecule has 0 spiro atoms. The number of aryl methyl sites for hydroxylation is 3. The maximum absolute atomic E-state index is 12.8. The highest BCUT2D eigenvalue weighted by molar-refractivity contribution is 5.99. The van der Waals surface area contributed by atoms with E-state index in [0.29, 0.717) is 29.9 Å². The zero-order valence-electron chi connectivity index (χ0n) is 40.8. The van der Waals surface area contributed by atoms with Gasteiger partial charge in [-0.05, 0) is 167 Å². The third-order valence-electron chi connectivity index (χ3n) is 12.6. The minimum atomic E-state index is 0.265. The van der Waals surface area contributed by atoms with Crippen molar-refractivity contribution in [1.82, 2.24) is 0 Å². The van der Waals surface area contributed by atoms with Gasteiger partial charge in [0.2, 0.25) is 0 Å². The Morgan fingerprint density at radius 3 is 1.05 bits per heavy atom. The van der Waals surface area contributed by atoms with Crippen LogP contribution in [0.5, 0.6) is 11.5 Å². The maximum atomic E-state index is 12.8. The molecule has 328 valence electrons. The van der Waals surface area contributed by atoms with E-state index in [1.807, 2.05) is 0 Å². The fourth-order valence-corrected chi connectivity index (χ4v) is 9.19. The van der Waals surface area contributed by atoms with Crippen molar-refractivity contribution in [3.05, 3.63) is 111 Å². The summed E-state index contributed by atoms with van der Waals surface area (Å²) >= 11 is 0. The molecule has 0 saturated heterocycles. The van der Waals surface area contributed by atoms with E-state index in [9.17, 15) is 10.2 Å². The molecule has 0 saturated carbocycles. The lowest BCUT2D eigenvalue weighted by atomic mass is 9.79. The van der Waals surface area contributed by atoms with Crippen molar-refractivity contribution in [2.45, 2.75) is 152 Å². The Labute approximate surface area is 370 Å². The summed E-state index contributed by atoms with van der Waals surface area (Å²) in [5.41, 5.74) is 19.5. The lowest BCUT2D eigenvalue weighted by Crippen LogP contribution is -2.21. The molecule has 0 aliphatic carbocycles. The van der Waals surface area contributed by atoms with E-state index in [4.69, 9.17) is 4.74 Å². The van der Waals surface area contributed by atoms with E-state index in [1.165, 1.54) is 33.4 Å². The predicted molar refractivity (Wildman–Crippen MR) is 265 cm³/mol. The number of hydrogen-bond acceptors (Lipinski definition) is 4. The van der Waals surface area contributed by atoms with Gasteiger partial charge in [0.05, 0.1) is 5.69 Å². The van der Waals surface area contributed by atoms with Crippen LogP contribution < -0.4 is 4.90 Å². The zero-order valence-corrected chi connectivity index (χ0v) is 40.8. The van der Waals surface area contributed by atoms with Crippen LogP contribution in [0, 0.1) is 20.8 Å². The molecule has 5 aromatic carbocycles. The first-order valence-electron chi connectivity index (χ1n) is 23.1. The van der Waals surface area contributed by atoms with Crippen molar-refractivity contribution in [2.75, 3.05) is 32.2 Å². The first kappa shape index (κ1) is 47.5. The number of methoxy groups -OCH3 is 1. The summed E-state index contributed by atoms with van der Waals surface area (Å²) in [7, 11) is 3.91. The highest BCUT2D eigenvalue weighted by atomic mass is 16.5. The smallest absolute Gasteiger partial charge is 0.131 e. The number of hydrogen-bond donors (Lipinski definition) is 2. The lowest BCUT2D eigenvalue weighted by Gasteiger charge is -2.29. The average Bonchev–Trinajstić information content (AvgIpc) is 3.19. The minimum Gasteiger partial charge on any atom is -0.507 e. The standard InChI is InChI=1S/C57H77NO3/c1-32(2)41-28-43(34(5)6)53(44(29-41)35(7)8)51-26-39(14)24-49(56(51)59)47-22-38(13)23-48(55(47)58(16)20-18-19-21-61-17)50-25-40(15)27-52(57(50)60)54-45(36(9)10)30-42(33(3)4)31-46(54)37(11)12/h22-37,59-60H,18-21H2,1-17H3. The Morgan fingerprint density at radius 2 is 0.754 bits per heavy atom.